The maximum Gasteiger partial charge on any atom is 0.181 e. The van der Waals surface area contributed by atoms with Gasteiger partial charge < -0.3 is 5.32 Å². The van der Waals surface area contributed by atoms with Gasteiger partial charge >= 0.3 is 0 Å². The highest BCUT2D eigenvalue weighted by Crippen LogP contribution is 2.28. The van der Waals surface area contributed by atoms with Crippen molar-refractivity contribution in [2.45, 2.75) is 6.92 Å². The lowest BCUT2D eigenvalue weighted by molar-refractivity contribution is 0.490. The zero-order valence-corrected chi connectivity index (χ0v) is 8.24. The van der Waals surface area contributed by atoms with E-state index in [1.165, 1.54) is 12.1 Å². The van der Waals surface area contributed by atoms with Gasteiger partial charge in [-0.3, -0.25) is 0 Å². The number of benzene rings is 1. The molecule has 0 radical (unpaired) electrons. The number of rotatable bonds is 2. The first-order chi connectivity index (χ1) is 7.58. The first kappa shape index (κ1) is 11.9. The molecule has 0 fully saturated rings. The molecule has 0 spiro atoms. The molecular weight excluding hydrogens is 219 g/mol. The predicted octanol–water partition coefficient (Wildman–Crippen LogP) is 2.28. The summed E-state index contributed by atoms with van der Waals surface area (Å²) in [5.41, 5.74) is -2.29. The van der Waals surface area contributed by atoms with Crippen LogP contribution >= 0.6 is 0 Å². The van der Waals surface area contributed by atoms with Crippen LogP contribution in [0.2, 0.25) is 0 Å². The zero-order chi connectivity index (χ0) is 12.3. The highest BCUT2D eigenvalue weighted by Gasteiger charge is 2.24. The summed E-state index contributed by atoms with van der Waals surface area (Å²) in [5, 5.41) is 19.4. The molecule has 3 nitrogen and oxygen atoms in total. The van der Waals surface area contributed by atoms with Crippen LogP contribution in [0.5, 0.6) is 0 Å². The highest BCUT2D eigenvalue weighted by atomic mass is 19.2. The quantitative estimate of drug-likeness (QED) is 0.785. The van der Waals surface area contributed by atoms with Crippen LogP contribution in [0.25, 0.3) is 0 Å². The molecule has 0 aliphatic heterocycles. The van der Waals surface area contributed by atoms with E-state index >= 15 is 0 Å². The van der Waals surface area contributed by atoms with E-state index in [1.807, 2.05) is 0 Å². The molecule has 1 aromatic carbocycles. The number of hydrogen-bond donors (Lipinski definition) is 1. The van der Waals surface area contributed by atoms with Crippen molar-refractivity contribution in [2.24, 2.45) is 0 Å². The van der Waals surface area contributed by atoms with E-state index in [0.29, 0.717) is 0 Å². The van der Waals surface area contributed by atoms with Crippen molar-refractivity contribution in [3.8, 4) is 12.1 Å². The first-order valence-electron chi connectivity index (χ1n) is 4.32. The van der Waals surface area contributed by atoms with Crippen LogP contribution in [-0.4, -0.2) is 6.54 Å². The lowest BCUT2D eigenvalue weighted by atomic mass is 10.1. The van der Waals surface area contributed by atoms with Gasteiger partial charge in [0.1, 0.15) is 23.3 Å². The molecule has 6 heteroatoms. The summed E-state index contributed by atoms with van der Waals surface area (Å²) in [7, 11) is 0. The van der Waals surface area contributed by atoms with E-state index in [0.717, 1.165) is 0 Å². The van der Waals surface area contributed by atoms with E-state index in [1.54, 1.807) is 6.92 Å². The van der Waals surface area contributed by atoms with E-state index in [4.69, 9.17) is 10.5 Å². The Kier molecular flexibility index (Phi) is 3.37. The third-order valence-corrected chi connectivity index (χ3v) is 1.90. The van der Waals surface area contributed by atoms with Gasteiger partial charge in [-0.1, -0.05) is 0 Å². The van der Waals surface area contributed by atoms with Crippen molar-refractivity contribution in [3.63, 3.8) is 0 Å². The largest absolute Gasteiger partial charge is 0.382 e. The number of halogens is 3. The van der Waals surface area contributed by atoms with Crippen LogP contribution in [0, 0.1) is 40.1 Å². The molecule has 16 heavy (non-hydrogen) atoms. The predicted molar refractivity (Wildman–Crippen MR) is 49.9 cm³/mol. The minimum absolute atomic E-state index is 0.210. The summed E-state index contributed by atoms with van der Waals surface area (Å²) in [5.74, 6) is -4.41. The molecule has 0 aromatic heterocycles. The van der Waals surface area contributed by atoms with Crippen molar-refractivity contribution in [3.05, 3.63) is 28.6 Å². The summed E-state index contributed by atoms with van der Waals surface area (Å²) in [6, 6.07) is 2.57. The van der Waals surface area contributed by atoms with Gasteiger partial charge in [0.05, 0.1) is 5.69 Å². The molecule has 0 aliphatic rings. The Labute approximate surface area is 89.7 Å². The Bertz CT molecular complexity index is 512. The molecule has 0 saturated carbocycles. The molecule has 0 bridgehead atoms. The molecule has 82 valence electrons. The maximum absolute atomic E-state index is 13.5. The van der Waals surface area contributed by atoms with Crippen LogP contribution in [0.1, 0.15) is 18.1 Å². The minimum Gasteiger partial charge on any atom is -0.382 e. The van der Waals surface area contributed by atoms with Gasteiger partial charge in [0.2, 0.25) is 0 Å². The van der Waals surface area contributed by atoms with Crippen LogP contribution in [0.4, 0.5) is 18.9 Å². The Balaban J connectivity index is 3.67. The summed E-state index contributed by atoms with van der Waals surface area (Å²) in [4.78, 5) is 0. The average molecular weight is 225 g/mol. The van der Waals surface area contributed by atoms with Crippen molar-refractivity contribution < 1.29 is 13.2 Å². The third-order valence-electron chi connectivity index (χ3n) is 1.90. The second-order valence-electron chi connectivity index (χ2n) is 2.82. The molecular formula is C10H6F3N3. The van der Waals surface area contributed by atoms with Crippen molar-refractivity contribution >= 4 is 5.69 Å². The van der Waals surface area contributed by atoms with Crippen molar-refractivity contribution in [1.82, 2.24) is 0 Å². The number of hydrogen-bond acceptors (Lipinski definition) is 3. The second-order valence-corrected chi connectivity index (χ2v) is 2.82. The lowest BCUT2D eigenvalue weighted by Gasteiger charge is -2.09. The number of nitriles is 2. The monoisotopic (exact) mass is 225 g/mol. The van der Waals surface area contributed by atoms with Crippen LogP contribution in [0.15, 0.2) is 0 Å². The molecule has 1 N–H and O–H groups in total. The summed E-state index contributed by atoms with van der Waals surface area (Å²) in [6.07, 6.45) is 0. The Hall–Kier alpha value is -2.21. The maximum atomic E-state index is 13.5. The SMILES string of the molecule is CCNc1c(F)c(C#N)c(F)c(F)c1C#N. The summed E-state index contributed by atoms with van der Waals surface area (Å²) in [6.45, 7) is 1.80. The lowest BCUT2D eigenvalue weighted by Crippen LogP contribution is -2.08. The molecule has 0 atom stereocenters. The Morgan fingerprint density at radius 1 is 1.00 bits per heavy atom. The molecule has 0 heterocycles. The molecule has 0 amide bonds. The van der Waals surface area contributed by atoms with Gasteiger partial charge in [0.15, 0.2) is 17.5 Å². The number of anilines is 1. The van der Waals surface area contributed by atoms with Crippen molar-refractivity contribution in [1.29, 1.82) is 10.5 Å². The van der Waals surface area contributed by atoms with Gasteiger partial charge in [0, 0.05) is 6.54 Å². The minimum atomic E-state index is -1.64. The molecule has 0 aliphatic carbocycles. The molecule has 0 saturated heterocycles. The first-order valence-corrected chi connectivity index (χ1v) is 4.32. The molecule has 1 aromatic rings. The van der Waals surface area contributed by atoms with Gasteiger partial charge in [-0.05, 0) is 6.92 Å². The van der Waals surface area contributed by atoms with E-state index < -0.39 is 34.3 Å². The Morgan fingerprint density at radius 3 is 1.94 bits per heavy atom. The standard InChI is InChI=1S/C10H6F3N3/c1-2-16-10-6(4-15)8(12)7(11)5(3-14)9(10)13/h16H,2H2,1H3. The fourth-order valence-corrected chi connectivity index (χ4v) is 1.21. The second kappa shape index (κ2) is 4.54. The van der Waals surface area contributed by atoms with Gasteiger partial charge in [-0.15, -0.1) is 0 Å². The molecule has 0 unspecified atom stereocenters. The highest BCUT2D eigenvalue weighted by molar-refractivity contribution is 5.63. The van der Waals surface area contributed by atoms with E-state index in [9.17, 15) is 13.2 Å². The smallest absolute Gasteiger partial charge is 0.181 e. The van der Waals surface area contributed by atoms with Crippen LogP contribution in [-0.2, 0) is 0 Å². The molecule has 1 rings (SSSR count). The van der Waals surface area contributed by atoms with Gasteiger partial charge in [-0.2, -0.15) is 10.5 Å². The Morgan fingerprint density at radius 2 is 1.50 bits per heavy atom. The summed E-state index contributed by atoms with van der Waals surface area (Å²) < 4.78 is 39.9. The van der Waals surface area contributed by atoms with Crippen molar-refractivity contribution in [2.75, 3.05) is 11.9 Å². The van der Waals surface area contributed by atoms with Gasteiger partial charge in [-0.25, -0.2) is 13.2 Å². The fraction of sp³-hybridized carbons (Fsp3) is 0.200. The number of nitrogens with one attached hydrogen (secondary N) is 1. The van der Waals surface area contributed by atoms with Crippen LogP contribution < -0.4 is 5.32 Å². The van der Waals surface area contributed by atoms with E-state index in [-0.39, 0.29) is 6.54 Å². The number of nitrogens with zero attached hydrogens (tertiary/aromatic N) is 2. The summed E-state index contributed by atoms with van der Waals surface area (Å²) >= 11 is 0. The average Bonchev–Trinajstić information content (AvgIpc) is 2.27. The van der Waals surface area contributed by atoms with E-state index in [2.05, 4.69) is 5.32 Å². The normalized spacial score (nSPS) is 9.38. The fourth-order valence-electron chi connectivity index (χ4n) is 1.21. The third kappa shape index (κ3) is 1.66. The topological polar surface area (TPSA) is 59.6 Å². The zero-order valence-electron chi connectivity index (χ0n) is 8.24. The van der Waals surface area contributed by atoms with Gasteiger partial charge in [0.25, 0.3) is 0 Å². The van der Waals surface area contributed by atoms with Crippen LogP contribution in [0.3, 0.4) is 0 Å².